The molecule has 1 fully saturated rings. The van der Waals surface area contributed by atoms with Gasteiger partial charge in [-0.15, -0.1) is 0 Å². The highest BCUT2D eigenvalue weighted by Crippen LogP contribution is 2.38. The topological polar surface area (TPSA) is 74.8 Å². The van der Waals surface area contributed by atoms with Gasteiger partial charge in [0.15, 0.2) is 5.78 Å². The van der Waals surface area contributed by atoms with Gasteiger partial charge in [-0.05, 0) is 62.2 Å². The molecule has 0 N–H and O–H groups in total. The molecule has 4 rings (SSSR count). The Kier molecular flexibility index (Phi) is 6.36. The molecule has 2 aliphatic rings. The van der Waals surface area contributed by atoms with Gasteiger partial charge >= 0.3 is 0 Å². The molecule has 1 aliphatic carbocycles. The molecule has 2 aromatic carbocycles. The number of hydrazine groups is 1. The summed E-state index contributed by atoms with van der Waals surface area (Å²) in [5.74, 6) is -4.08. The average molecular weight is 489 g/mol. The van der Waals surface area contributed by atoms with E-state index in [9.17, 15) is 23.6 Å². The van der Waals surface area contributed by atoms with Crippen LogP contribution < -0.4 is 0 Å². The Hall–Kier alpha value is -3.03. The predicted octanol–water partition coefficient (Wildman–Crippen LogP) is 4.71. The summed E-state index contributed by atoms with van der Waals surface area (Å²) in [5, 5.41) is 1.97. The molecule has 0 spiro atoms. The Labute approximate surface area is 199 Å². The van der Waals surface area contributed by atoms with Crippen LogP contribution in [0, 0.1) is 17.7 Å². The van der Waals surface area contributed by atoms with Crippen LogP contribution in [0.25, 0.3) is 0 Å². The Morgan fingerprint density at radius 2 is 1.64 bits per heavy atom. The van der Waals surface area contributed by atoms with E-state index in [0.29, 0.717) is 12.8 Å². The second-order valence-electron chi connectivity index (χ2n) is 8.11. The van der Waals surface area contributed by atoms with Crippen LogP contribution in [0.4, 0.5) is 4.39 Å². The van der Waals surface area contributed by atoms with Crippen LogP contribution in [-0.2, 0) is 9.59 Å². The summed E-state index contributed by atoms with van der Waals surface area (Å²) in [5.41, 5.74) is 1.18. The molecule has 170 valence electrons. The number of imide groups is 1. The van der Waals surface area contributed by atoms with E-state index in [1.807, 2.05) is 13.0 Å². The largest absolute Gasteiger partial charge is 0.292 e. The molecule has 0 saturated carbocycles. The van der Waals surface area contributed by atoms with Gasteiger partial charge in [0.1, 0.15) is 12.4 Å². The molecular weight excluding hydrogens is 470 g/mol. The third kappa shape index (κ3) is 4.43. The van der Waals surface area contributed by atoms with Crippen molar-refractivity contribution in [2.45, 2.75) is 19.8 Å². The third-order valence-electron chi connectivity index (χ3n) is 5.90. The van der Waals surface area contributed by atoms with Gasteiger partial charge in [0.05, 0.1) is 21.9 Å². The molecule has 2 aromatic rings. The number of rotatable bonds is 5. The quantitative estimate of drug-likeness (QED) is 0.346. The van der Waals surface area contributed by atoms with Gasteiger partial charge in [-0.25, -0.2) is 9.40 Å². The van der Waals surface area contributed by atoms with Crippen LogP contribution in [0.15, 0.2) is 54.1 Å². The summed E-state index contributed by atoms with van der Waals surface area (Å²) in [4.78, 5) is 52.8. The third-order valence-corrected chi connectivity index (χ3v) is 6.64. The van der Waals surface area contributed by atoms with Gasteiger partial charge in [0, 0.05) is 11.1 Å². The van der Waals surface area contributed by atoms with E-state index in [-0.39, 0.29) is 21.2 Å². The maximum absolute atomic E-state index is 13.4. The zero-order chi connectivity index (χ0) is 23.9. The summed E-state index contributed by atoms with van der Waals surface area (Å²) < 4.78 is 13.3. The maximum Gasteiger partial charge on any atom is 0.273 e. The number of halogens is 3. The van der Waals surface area contributed by atoms with Crippen LogP contribution in [-0.4, -0.2) is 40.1 Å². The van der Waals surface area contributed by atoms with Gasteiger partial charge in [-0.3, -0.25) is 19.2 Å². The van der Waals surface area contributed by atoms with Crippen LogP contribution in [0.1, 0.15) is 40.5 Å². The van der Waals surface area contributed by atoms with E-state index >= 15 is 0 Å². The Balaban J connectivity index is 1.71. The minimum absolute atomic E-state index is 0.0566. The van der Waals surface area contributed by atoms with Gasteiger partial charge in [-0.1, -0.05) is 34.9 Å². The average Bonchev–Trinajstić information content (AvgIpc) is 3.03. The zero-order valence-corrected chi connectivity index (χ0v) is 19.1. The van der Waals surface area contributed by atoms with Crippen LogP contribution >= 0.6 is 23.2 Å². The summed E-state index contributed by atoms with van der Waals surface area (Å²) >= 11 is 12.0. The first-order valence-electron chi connectivity index (χ1n) is 10.3. The minimum Gasteiger partial charge on any atom is -0.292 e. The molecule has 0 bridgehead atoms. The van der Waals surface area contributed by atoms with Crippen molar-refractivity contribution in [2.24, 2.45) is 11.8 Å². The van der Waals surface area contributed by atoms with Gasteiger partial charge in [-0.2, -0.15) is 5.01 Å². The van der Waals surface area contributed by atoms with Crippen LogP contribution in [0.2, 0.25) is 10.0 Å². The fourth-order valence-corrected chi connectivity index (χ4v) is 4.43. The molecule has 9 heteroatoms. The van der Waals surface area contributed by atoms with Gasteiger partial charge in [0.25, 0.3) is 17.7 Å². The van der Waals surface area contributed by atoms with Crippen molar-refractivity contribution < 1.29 is 23.6 Å². The van der Waals surface area contributed by atoms with Crippen molar-refractivity contribution in [1.29, 1.82) is 0 Å². The number of nitrogens with zero attached hydrogens (tertiary/aromatic N) is 2. The zero-order valence-electron chi connectivity index (χ0n) is 17.6. The number of amides is 3. The molecule has 6 nitrogen and oxygen atoms in total. The van der Waals surface area contributed by atoms with E-state index < -0.39 is 47.7 Å². The van der Waals surface area contributed by atoms with Gasteiger partial charge < -0.3 is 0 Å². The first-order valence-corrected chi connectivity index (χ1v) is 11.0. The first kappa shape index (κ1) is 23.1. The van der Waals surface area contributed by atoms with Crippen molar-refractivity contribution in [3.05, 3.63) is 81.1 Å². The lowest BCUT2D eigenvalue weighted by molar-refractivity contribution is -0.154. The van der Waals surface area contributed by atoms with Crippen molar-refractivity contribution in [1.82, 2.24) is 10.0 Å². The fourth-order valence-electron chi connectivity index (χ4n) is 4.13. The monoisotopic (exact) mass is 488 g/mol. The molecule has 0 unspecified atom stereocenters. The fraction of sp³-hybridized carbons (Fsp3) is 0.250. The van der Waals surface area contributed by atoms with Crippen molar-refractivity contribution in [2.75, 3.05) is 6.54 Å². The number of Topliss-reactive ketones (excluding diaryl/α,β-unsaturated/α-hetero) is 1. The predicted molar refractivity (Wildman–Crippen MR) is 120 cm³/mol. The highest BCUT2D eigenvalue weighted by Gasteiger charge is 2.51. The summed E-state index contributed by atoms with van der Waals surface area (Å²) in [6.45, 7) is 1.29. The van der Waals surface area contributed by atoms with Crippen molar-refractivity contribution in [3.8, 4) is 0 Å². The lowest BCUT2D eigenvalue weighted by Crippen LogP contribution is -2.52. The highest BCUT2D eigenvalue weighted by atomic mass is 35.5. The summed E-state index contributed by atoms with van der Waals surface area (Å²) in [6.07, 6.45) is 2.70. The number of carbonyl (C=O) groups is 4. The second kappa shape index (κ2) is 9.08. The second-order valence-corrected chi connectivity index (χ2v) is 8.93. The molecule has 1 saturated heterocycles. The SMILES string of the molecule is CC1=CC[C@@H]2C(=O)N(N(CC(=O)c3ccc(F)cc3)C(=O)c3ccc(Cl)c(Cl)c3)C(=O)[C@@H]2C1. The smallest absolute Gasteiger partial charge is 0.273 e. The summed E-state index contributed by atoms with van der Waals surface area (Å²) in [6, 6.07) is 8.92. The van der Waals surface area contributed by atoms with Crippen molar-refractivity contribution in [3.63, 3.8) is 0 Å². The number of carbonyl (C=O) groups excluding carboxylic acids is 4. The molecule has 2 atom stereocenters. The number of benzene rings is 2. The molecule has 33 heavy (non-hydrogen) atoms. The summed E-state index contributed by atoms with van der Waals surface area (Å²) in [7, 11) is 0. The number of hydrogen-bond donors (Lipinski definition) is 0. The maximum atomic E-state index is 13.4. The van der Waals surface area contributed by atoms with Crippen molar-refractivity contribution >= 4 is 46.7 Å². The Morgan fingerprint density at radius 1 is 1.00 bits per heavy atom. The molecule has 1 aliphatic heterocycles. The lowest BCUT2D eigenvalue weighted by atomic mass is 9.82. The number of fused-ring (bicyclic) bond motifs is 1. The van der Waals surface area contributed by atoms with Gasteiger partial charge in [0.2, 0.25) is 0 Å². The number of ketones is 1. The molecular formula is C24H19Cl2FN2O4. The van der Waals surface area contributed by atoms with E-state index in [2.05, 4.69) is 0 Å². The molecule has 1 heterocycles. The van der Waals surface area contributed by atoms with E-state index in [1.54, 1.807) is 0 Å². The molecule has 0 aromatic heterocycles. The lowest BCUT2D eigenvalue weighted by Gasteiger charge is -2.30. The van der Waals surface area contributed by atoms with Crippen LogP contribution in [0.5, 0.6) is 0 Å². The molecule has 3 amide bonds. The standard InChI is InChI=1S/C24H19Cl2FN2O4/c1-13-2-8-17-18(10-13)24(33)29(23(17)32)28(12-21(30)14-3-6-16(27)7-4-14)22(31)15-5-9-19(25)20(26)11-15/h2-7,9,11,17-18H,8,10,12H2,1H3/t17-,18+/m0/s1. The Morgan fingerprint density at radius 3 is 2.30 bits per heavy atom. The Bertz CT molecular complexity index is 1200. The van der Waals surface area contributed by atoms with E-state index in [1.165, 1.54) is 30.3 Å². The van der Waals surface area contributed by atoms with E-state index in [4.69, 9.17) is 23.2 Å². The first-order chi connectivity index (χ1) is 15.7. The number of hydrogen-bond acceptors (Lipinski definition) is 4. The highest BCUT2D eigenvalue weighted by molar-refractivity contribution is 6.42. The van der Waals surface area contributed by atoms with Crippen LogP contribution in [0.3, 0.4) is 0 Å². The molecule has 0 radical (unpaired) electrons. The minimum atomic E-state index is -0.756. The normalized spacial score (nSPS) is 19.9. The number of allylic oxidation sites excluding steroid dienone is 2. The van der Waals surface area contributed by atoms with E-state index in [0.717, 1.165) is 27.7 Å².